The van der Waals surface area contributed by atoms with Crippen LogP contribution >= 0.6 is 0 Å². The van der Waals surface area contributed by atoms with Crippen molar-refractivity contribution < 1.29 is 4.74 Å². The fourth-order valence-corrected chi connectivity index (χ4v) is 2.89. The zero-order chi connectivity index (χ0) is 14.8. The van der Waals surface area contributed by atoms with E-state index in [2.05, 4.69) is 26.0 Å². The van der Waals surface area contributed by atoms with E-state index < -0.39 is 0 Å². The number of pyridine rings is 1. The average Bonchev–Trinajstić information content (AvgIpc) is 2.94. The fraction of sp³-hybridized carbons (Fsp3) is 0.389. The minimum Gasteiger partial charge on any atom is -0.438 e. The first-order valence-corrected chi connectivity index (χ1v) is 7.67. The number of nitrogens with zero attached hydrogens (tertiary/aromatic N) is 1. The van der Waals surface area contributed by atoms with E-state index in [1.807, 2.05) is 18.2 Å². The van der Waals surface area contributed by atoms with Gasteiger partial charge in [-0.25, -0.2) is 4.98 Å². The molecule has 1 aliphatic rings. The Hall–Kier alpha value is -1.87. The van der Waals surface area contributed by atoms with Gasteiger partial charge in [-0.05, 0) is 48.4 Å². The summed E-state index contributed by atoms with van der Waals surface area (Å²) in [5.74, 6) is 1.97. The Balaban J connectivity index is 1.98. The summed E-state index contributed by atoms with van der Waals surface area (Å²) < 4.78 is 6.13. The predicted molar refractivity (Wildman–Crippen MR) is 84.8 cm³/mol. The Morgan fingerprint density at radius 1 is 1.24 bits per heavy atom. The lowest BCUT2D eigenvalue weighted by Crippen LogP contribution is -2.05. The van der Waals surface area contributed by atoms with E-state index in [4.69, 9.17) is 15.5 Å². The third kappa shape index (κ3) is 2.79. The molecule has 2 aromatic rings. The molecule has 0 atom stereocenters. The Morgan fingerprint density at radius 3 is 2.81 bits per heavy atom. The molecule has 0 unspecified atom stereocenters. The molecule has 0 amide bonds. The third-order valence-corrected chi connectivity index (χ3v) is 4.06. The summed E-state index contributed by atoms with van der Waals surface area (Å²) in [6.07, 6.45) is 3.33. The van der Waals surface area contributed by atoms with Crippen LogP contribution in [0.2, 0.25) is 0 Å². The van der Waals surface area contributed by atoms with Crippen molar-refractivity contribution in [2.24, 2.45) is 5.73 Å². The van der Waals surface area contributed by atoms with Gasteiger partial charge in [0.15, 0.2) is 0 Å². The summed E-state index contributed by atoms with van der Waals surface area (Å²) in [5, 5.41) is 0. The lowest BCUT2D eigenvalue weighted by atomic mass is 10.0. The van der Waals surface area contributed by atoms with E-state index in [-0.39, 0.29) is 0 Å². The van der Waals surface area contributed by atoms with Gasteiger partial charge >= 0.3 is 0 Å². The first kappa shape index (κ1) is 14.1. The zero-order valence-corrected chi connectivity index (χ0v) is 12.7. The highest BCUT2D eigenvalue weighted by Crippen LogP contribution is 2.33. The van der Waals surface area contributed by atoms with Crippen molar-refractivity contribution in [2.45, 2.75) is 45.6 Å². The highest BCUT2D eigenvalue weighted by Gasteiger charge is 2.18. The average molecular weight is 282 g/mol. The van der Waals surface area contributed by atoms with Crippen LogP contribution in [0.5, 0.6) is 11.6 Å². The number of ether oxygens (including phenoxy) is 1. The second-order valence-corrected chi connectivity index (χ2v) is 5.91. The third-order valence-electron chi connectivity index (χ3n) is 4.06. The van der Waals surface area contributed by atoms with Gasteiger partial charge in [-0.2, -0.15) is 0 Å². The van der Waals surface area contributed by atoms with Crippen molar-refractivity contribution >= 4 is 0 Å². The number of hydrogen-bond donors (Lipinski definition) is 1. The van der Waals surface area contributed by atoms with Gasteiger partial charge < -0.3 is 10.5 Å². The summed E-state index contributed by atoms with van der Waals surface area (Å²) in [6, 6.07) is 10.3. The lowest BCUT2D eigenvalue weighted by molar-refractivity contribution is 0.446. The van der Waals surface area contributed by atoms with E-state index >= 15 is 0 Å². The molecule has 0 bridgehead atoms. The summed E-state index contributed by atoms with van der Waals surface area (Å²) in [6.45, 7) is 4.80. The van der Waals surface area contributed by atoms with E-state index in [0.29, 0.717) is 18.3 Å². The quantitative estimate of drug-likeness (QED) is 0.923. The summed E-state index contributed by atoms with van der Waals surface area (Å²) in [4.78, 5) is 4.72. The van der Waals surface area contributed by atoms with E-state index in [1.54, 1.807) is 0 Å². The Kier molecular flexibility index (Phi) is 3.93. The van der Waals surface area contributed by atoms with Gasteiger partial charge in [-0.15, -0.1) is 0 Å². The lowest BCUT2D eigenvalue weighted by Gasteiger charge is -2.15. The molecule has 110 valence electrons. The van der Waals surface area contributed by atoms with Gasteiger partial charge in [-0.3, -0.25) is 0 Å². The molecule has 3 rings (SSSR count). The highest BCUT2D eigenvalue weighted by molar-refractivity contribution is 5.42. The maximum Gasteiger partial charge on any atom is 0.223 e. The van der Waals surface area contributed by atoms with E-state index in [1.165, 1.54) is 23.2 Å². The molecule has 1 heterocycles. The number of rotatable bonds is 4. The highest BCUT2D eigenvalue weighted by atomic mass is 16.5. The maximum absolute atomic E-state index is 6.13. The van der Waals surface area contributed by atoms with Gasteiger partial charge in [0, 0.05) is 17.8 Å². The predicted octanol–water partition coefficient (Wildman–Crippen LogP) is 3.94. The molecule has 1 aromatic carbocycles. The summed E-state index contributed by atoms with van der Waals surface area (Å²) in [7, 11) is 0. The maximum atomic E-state index is 6.13. The molecule has 0 spiro atoms. The van der Waals surface area contributed by atoms with Gasteiger partial charge in [0.05, 0.1) is 0 Å². The molecule has 0 fully saturated rings. The fourth-order valence-electron chi connectivity index (χ4n) is 2.89. The molecule has 2 N–H and O–H groups in total. The van der Waals surface area contributed by atoms with Gasteiger partial charge in [0.2, 0.25) is 5.88 Å². The molecule has 3 nitrogen and oxygen atoms in total. The molecule has 1 aliphatic carbocycles. The molecule has 1 aromatic heterocycles. The zero-order valence-electron chi connectivity index (χ0n) is 12.7. The molecule has 0 saturated carbocycles. The van der Waals surface area contributed by atoms with E-state index in [0.717, 1.165) is 24.2 Å². The van der Waals surface area contributed by atoms with Gasteiger partial charge in [-0.1, -0.05) is 32.0 Å². The molecule has 21 heavy (non-hydrogen) atoms. The number of aryl methyl sites for hydroxylation is 2. The topological polar surface area (TPSA) is 48.1 Å². The number of fused-ring (bicyclic) bond motifs is 1. The second kappa shape index (κ2) is 5.86. The van der Waals surface area contributed by atoms with E-state index in [9.17, 15) is 0 Å². The SMILES string of the molecule is CC(C)c1ccccc1Oc1nc2c(cc1CN)CCC2. The van der Waals surface area contributed by atoms with Crippen LogP contribution in [0.3, 0.4) is 0 Å². The first-order chi connectivity index (χ1) is 10.2. The standard InChI is InChI=1S/C18H22N2O/c1-12(2)15-7-3-4-9-17(15)21-18-14(11-19)10-13-6-5-8-16(13)20-18/h3-4,7,9-10,12H,5-6,8,11,19H2,1-2H3. The van der Waals surface area contributed by atoms with Crippen molar-refractivity contribution in [3.63, 3.8) is 0 Å². The molecule has 0 saturated heterocycles. The van der Waals surface area contributed by atoms with Crippen molar-refractivity contribution in [3.05, 3.63) is 52.7 Å². The van der Waals surface area contributed by atoms with Crippen LogP contribution in [0.1, 0.15) is 48.6 Å². The van der Waals surface area contributed by atoms with Crippen LogP contribution < -0.4 is 10.5 Å². The molecule has 3 heteroatoms. The Morgan fingerprint density at radius 2 is 2.05 bits per heavy atom. The molecular weight excluding hydrogens is 260 g/mol. The second-order valence-electron chi connectivity index (χ2n) is 5.91. The normalized spacial score (nSPS) is 13.5. The number of nitrogens with two attached hydrogens (primary N) is 1. The number of aromatic nitrogens is 1. The smallest absolute Gasteiger partial charge is 0.223 e. The Bertz CT molecular complexity index is 650. The van der Waals surface area contributed by atoms with Crippen molar-refractivity contribution in [1.82, 2.24) is 4.98 Å². The summed E-state index contributed by atoms with van der Waals surface area (Å²) >= 11 is 0. The van der Waals surface area contributed by atoms with Crippen LogP contribution in [-0.2, 0) is 19.4 Å². The van der Waals surface area contributed by atoms with Crippen molar-refractivity contribution in [3.8, 4) is 11.6 Å². The van der Waals surface area contributed by atoms with Crippen LogP contribution in [0.15, 0.2) is 30.3 Å². The largest absolute Gasteiger partial charge is 0.438 e. The molecule has 0 radical (unpaired) electrons. The van der Waals surface area contributed by atoms with Crippen LogP contribution in [-0.4, -0.2) is 4.98 Å². The Labute approximate surface area is 126 Å². The number of para-hydroxylation sites is 1. The molecular formula is C18H22N2O. The van der Waals surface area contributed by atoms with Crippen LogP contribution in [0.4, 0.5) is 0 Å². The number of benzene rings is 1. The van der Waals surface area contributed by atoms with Crippen molar-refractivity contribution in [1.29, 1.82) is 0 Å². The monoisotopic (exact) mass is 282 g/mol. The van der Waals surface area contributed by atoms with Gasteiger partial charge in [0.1, 0.15) is 5.75 Å². The van der Waals surface area contributed by atoms with Gasteiger partial charge in [0.25, 0.3) is 0 Å². The number of hydrogen-bond acceptors (Lipinski definition) is 3. The minimum absolute atomic E-state index is 0.414. The van der Waals surface area contributed by atoms with Crippen molar-refractivity contribution in [2.75, 3.05) is 0 Å². The van der Waals surface area contributed by atoms with Crippen LogP contribution in [0, 0.1) is 0 Å². The summed E-state index contributed by atoms with van der Waals surface area (Å²) in [5.41, 5.74) is 10.6. The first-order valence-electron chi connectivity index (χ1n) is 7.67. The molecule has 0 aliphatic heterocycles. The minimum atomic E-state index is 0.414. The van der Waals surface area contributed by atoms with Crippen LogP contribution in [0.25, 0.3) is 0 Å².